The van der Waals surface area contributed by atoms with Crippen molar-refractivity contribution >= 4 is 16.8 Å². The summed E-state index contributed by atoms with van der Waals surface area (Å²) < 4.78 is 1.19. The third-order valence-corrected chi connectivity index (χ3v) is 5.55. The highest BCUT2D eigenvalue weighted by Gasteiger charge is 2.38. The van der Waals surface area contributed by atoms with Gasteiger partial charge < -0.3 is 9.80 Å². The van der Waals surface area contributed by atoms with Gasteiger partial charge in [-0.3, -0.25) is 9.59 Å². The first-order valence-electron chi connectivity index (χ1n) is 8.97. The first-order chi connectivity index (χ1) is 12.1. The van der Waals surface area contributed by atoms with Gasteiger partial charge in [0, 0.05) is 18.6 Å². The Balaban J connectivity index is 1.55. The van der Waals surface area contributed by atoms with Crippen LogP contribution < -0.4 is 5.56 Å². The van der Waals surface area contributed by atoms with Gasteiger partial charge in [0.2, 0.25) is 5.91 Å². The Hall–Kier alpha value is -2.28. The van der Waals surface area contributed by atoms with Gasteiger partial charge >= 0.3 is 0 Å². The Morgan fingerprint density at radius 3 is 2.72 bits per heavy atom. The largest absolute Gasteiger partial charge is 0.337 e. The summed E-state index contributed by atoms with van der Waals surface area (Å²) in [6.07, 6.45) is 4.40. The molecule has 2 aliphatic rings. The van der Waals surface area contributed by atoms with Crippen LogP contribution in [0.2, 0.25) is 0 Å². The molecule has 1 aromatic carbocycles. The topological polar surface area (TPSA) is 71.3 Å². The second-order valence-corrected chi connectivity index (χ2v) is 7.06. The molecule has 2 aromatic rings. The van der Waals surface area contributed by atoms with Gasteiger partial charge in [0.25, 0.3) is 5.56 Å². The monoisotopic (exact) mass is 341 g/mol. The number of aromatic nitrogens is 3. The molecule has 1 amide bonds. The molecule has 2 aliphatic heterocycles. The summed E-state index contributed by atoms with van der Waals surface area (Å²) in [5.41, 5.74) is 0.301. The van der Waals surface area contributed by atoms with Gasteiger partial charge in [0.15, 0.2) is 0 Å². The summed E-state index contributed by atoms with van der Waals surface area (Å²) in [5.74, 6) is -0.0329. The van der Waals surface area contributed by atoms with Crippen molar-refractivity contribution in [1.29, 1.82) is 0 Å². The zero-order valence-electron chi connectivity index (χ0n) is 14.5. The first kappa shape index (κ1) is 16.2. The lowest BCUT2D eigenvalue weighted by molar-refractivity contribution is -0.133. The fourth-order valence-corrected chi connectivity index (χ4v) is 4.27. The lowest BCUT2D eigenvalue weighted by Gasteiger charge is -2.33. The number of hydrogen-bond donors (Lipinski definition) is 0. The molecule has 132 valence electrons. The van der Waals surface area contributed by atoms with E-state index in [1.807, 2.05) is 11.0 Å². The van der Waals surface area contributed by atoms with Crippen LogP contribution in [0.25, 0.3) is 10.9 Å². The van der Waals surface area contributed by atoms with Crippen molar-refractivity contribution in [1.82, 2.24) is 24.8 Å². The van der Waals surface area contributed by atoms with Gasteiger partial charge in [-0.05, 0) is 51.4 Å². The number of fused-ring (bicyclic) bond motifs is 1. The van der Waals surface area contributed by atoms with Crippen LogP contribution in [0.15, 0.2) is 29.1 Å². The Morgan fingerprint density at radius 2 is 1.92 bits per heavy atom. The van der Waals surface area contributed by atoms with E-state index in [1.165, 1.54) is 11.1 Å². The molecule has 1 aromatic heterocycles. The summed E-state index contributed by atoms with van der Waals surface area (Å²) in [5, 5.41) is 8.51. The summed E-state index contributed by atoms with van der Waals surface area (Å²) in [6.45, 7) is 1.83. The minimum Gasteiger partial charge on any atom is -0.337 e. The maximum absolute atomic E-state index is 12.9. The van der Waals surface area contributed by atoms with Crippen LogP contribution >= 0.6 is 0 Å². The van der Waals surface area contributed by atoms with Crippen molar-refractivity contribution in [2.75, 3.05) is 20.1 Å². The lowest BCUT2D eigenvalue weighted by Crippen LogP contribution is -2.48. The number of nitrogens with zero attached hydrogens (tertiary/aromatic N) is 5. The summed E-state index contributed by atoms with van der Waals surface area (Å²) >= 11 is 0. The third kappa shape index (κ3) is 2.93. The predicted octanol–water partition coefficient (Wildman–Crippen LogP) is 0.877. The second-order valence-electron chi connectivity index (χ2n) is 7.06. The van der Waals surface area contributed by atoms with Crippen LogP contribution in [0, 0.1) is 0 Å². The average Bonchev–Trinajstić information content (AvgIpc) is 3.26. The van der Waals surface area contributed by atoms with E-state index >= 15 is 0 Å². The maximum atomic E-state index is 12.9. The molecule has 0 saturated carbocycles. The molecule has 4 rings (SSSR count). The van der Waals surface area contributed by atoms with Gasteiger partial charge in [-0.2, -0.15) is 0 Å². The number of likely N-dealkylation sites (N-methyl/N-ethyl adjacent to an activating group) is 1. The van der Waals surface area contributed by atoms with E-state index in [0.29, 0.717) is 16.9 Å². The molecule has 2 atom stereocenters. The van der Waals surface area contributed by atoms with Gasteiger partial charge in [-0.1, -0.05) is 17.3 Å². The molecule has 2 saturated heterocycles. The molecule has 2 fully saturated rings. The van der Waals surface area contributed by atoms with E-state index in [2.05, 4.69) is 22.3 Å². The molecular weight excluding hydrogens is 318 g/mol. The van der Waals surface area contributed by atoms with Crippen molar-refractivity contribution < 1.29 is 4.79 Å². The highest BCUT2D eigenvalue weighted by atomic mass is 16.2. The Labute approximate surface area is 146 Å². The molecule has 0 spiro atoms. The highest BCUT2D eigenvalue weighted by Crippen LogP contribution is 2.29. The molecule has 0 unspecified atom stereocenters. The minimum atomic E-state index is -0.257. The predicted molar refractivity (Wildman–Crippen MR) is 94.2 cm³/mol. The van der Waals surface area contributed by atoms with E-state index in [4.69, 9.17) is 0 Å². The number of benzene rings is 1. The van der Waals surface area contributed by atoms with E-state index in [0.717, 1.165) is 32.4 Å². The quantitative estimate of drug-likeness (QED) is 0.829. The van der Waals surface area contributed by atoms with Crippen LogP contribution in [0.5, 0.6) is 0 Å². The molecule has 0 N–H and O–H groups in total. The number of likely N-dealkylation sites (tertiary alicyclic amines) is 2. The molecule has 0 aliphatic carbocycles. The zero-order chi connectivity index (χ0) is 17.4. The van der Waals surface area contributed by atoms with Crippen LogP contribution in [0.4, 0.5) is 0 Å². The first-order valence-corrected chi connectivity index (χ1v) is 8.97. The second kappa shape index (κ2) is 6.55. The lowest BCUT2D eigenvalue weighted by atomic mass is 10.0. The smallest absolute Gasteiger partial charge is 0.278 e. The van der Waals surface area contributed by atoms with Crippen molar-refractivity contribution in [3.05, 3.63) is 34.6 Å². The molecule has 25 heavy (non-hydrogen) atoms. The van der Waals surface area contributed by atoms with Gasteiger partial charge in [0.1, 0.15) is 12.1 Å². The normalized spacial score (nSPS) is 24.3. The number of carbonyl (C=O) groups is 1. The zero-order valence-corrected chi connectivity index (χ0v) is 14.5. The third-order valence-electron chi connectivity index (χ3n) is 5.55. The fourth-order valence-electron chi connectivity index (χ4n) is 4.27. The SMILES string of the molecule is CN1CCC[C@H]1[C@H]1CCCN1C(=O)Cn1nnc2ccccc2c1=O. The van der Waals surface area contributed by atoms with Crippen LogP contribution in [-0.4, -0.2) is 62.9 Å². The van der Waals surface area contributed by atoms with Crippen LogP contribution in [0.3, 0.4) is 0 Å². The minimum absolute atomic E-state index is 0.0329. The van der Waals surface area contributed by atoms with E-state index < -0.39 is 0 Å². The van der Waals surface area contributed by atoms with Crippen molar-refractivity contribution in [3.8, 4) is 0 Å². The number of amides is 1. The summed E-state index contributed by atoms with van der Waals surface area (Å²) in [6, 6.07) is 7.78. The molecule has 0 bridgehead atoms. The Bertz CT molecular complexity index is 849. The van der Waals surface area contributed by atoms with Crippen molar-refractivity contribution in [2.24, 2.45) is 0 Å². The van der Waals surface area contributed by atoms with E-state index in [1.54, 1.807) is 18.2 Å². The summed E-state index contributed by atoms with van der Waals surface area (Å²) in [7, 11) is 2.14. The summed E-state index contributed by atoms with van der Waals surface area (Å²) in [4.78, 5) is 29.7. The van der Waals surface area contributed by atoms with E-state index in [9.17, 15) is 9.59 Å². The number of rotatable bonds is 3. The average molecular weight is 341 g/mol. The molecule has 7 heteroatoms. The van der Waals surface area contributed by atoms with Crippen LogP contribution in [-0.2, 0) is 11.3 Å². The maximum Gasteiger partial charge on any atom is 0.278 e. The molecular formula is C18H23N5O2. The van der Waals surface area contributed by atoms with Gasteiger partial charge in [-0.15, -0.1) is 5.10 Å². The van der Waals surface area contributed by atoms with Crippen molar-refractivity contribution in [2.45, 2.75) is 44.3 Å². The van der Waals surface area contributed by atoms with Gasteiger partial charge in [-0.25, -0.2) is 4.68 Å². The van der Waals surface area contributed by atoms with E-state index in [-0.39, 0.29) is 24.1 Å². The van der Waals surface area contributed by atoms with Crippen LogP contribution in [0.1, 0.15) is 25.7 Å². The fraction of sp³-hybridized carbons (Fsp3) is 0.556. The Kier molecular flexibility index (Phi) is 4.25. The van der Waals surface area contributed by atoms with Crippen molar-refractivity contribution in [3.63, 3.8) is 0 Å². The molecule has 3 heterocycles. The standard InChI is InChI=1S/C18H23N5O2/c1-21-10-4-8-15(21)16-9-5-11-22(16)17(24)12-23-18(25)13-6-2-3-7-14(13)19-20-23/h2-3,6-7,15-16H,4-5,8-12H2,1H3/t15-,16+/m0/s1. The number of carbonyl (C=O) groups excluding carboxylic acids is 1. The molecule has 0 radical (unpaired) electrons. The van der Waals surface area contributed by atoms with Gasteiger partial charge in [0.05, 0.1) is 5.39 Å². The highest BCUT2D eigenvalue weighted by molar-refractivity contribution is 5.78. The molecule has 7 nitrogen and oxygen atoms in total. The Morgan fingerprint density at radius 1 is 1.16 bits per heavy atom. The number of hydrogen-bond acceptors (Lipinski definition) is 5.